The topological polar surface area (TPSA) is 69.7 Å². The highest BCUT2D eigenvalue weighted by Crippen LogP contribution is 2.37. The zero-order valence-corrected chi connectivity index (χ0v) is 15.7. The maximum atomic E-state index is 12.9. The van der Waals surface area contributed by atoms with Crippen molar-refractivity contribution in [2.45, 2.75) is 89.8 Å². The van der Waals surface area contributed by atoms with Gasteiger partial charge in [-0.05, 0) is 64.7 Å². The van der Waals surface area contributed by atoms with Crippen LogP contribution in [0.4, 0.5) is 4.79 Å². The normalized spacial score (nSPS) is 36.0. The van der Waals surface area contributed by atoms with E-state index < -0.39 is 11.6 Å². The largest absolute Gasteiger partial charge is 0.336 e. The van der Waals surface area contributed by atoms with Crippen LogP contribution in [-0.2, 0) is 9.59 Å². The molecule has 6 nitrogen and oxygen atoms in total. The van der Waals surface area contributed by atoms with Crippen molar-refractivity contribution in [3.8, 4) is 0 Å². The molecule has 1 aliphatic carbocycles. The SMILES string of the molecule is CCC1CCC2(CC1)NC(=O)N(CC(=O)N1C(C)CCCC1C)C2=O. The summed E-state index contributed by atoms with van der Waals surface area (Å²) in [6, 6.07) is -0.0532. The zero-order chi connectivity index (χ0) is 18.2. The van der Waals surface area contributed by atoms with E-state index in [0.29, 0.717) is 18.8 Å². The van der Waals surface area contributed by atoms with Gasteiger partial charge in [0.1, 0.15) is 12.1 Å². The second-order valence-corrected chi connectivity index (χ2v) is 8.19. The molecule has 1 spiro atoms. The van der Waals surface area contributed by atoms with Crippen molar-refractivity contribution in [3.63, 3.8) is 0 Å². The van der Waals surface area contributed by atoms with E-state index in [1.54, 1.807) is 0 Å². The van der Waals surface area contributed by atoms with E-state index in [2.05, 4.69) is 12.2 Å². The standard InChI is InChI=1S/C19H31N3O3/c1-4-15-8-10-19(11-9-15)17(24)21(18(25)20-19)12-16(23)22-13(2)6-5-7-14(22)3/h13-15H,4-12H2,1-3H3,(H,20,25). The van der Waals surface area contributed by atoms with Gasteiger partial charge in [-0.15, -0.1) is 0 Å². The third kappa shape index (κ3) is 3.27. The summed E-state index contributed by atoms with van der Waals surface area (Å²) in [5.74, 6) is 0.335. The van der Waals surface area contributed by atoms with Crippen LogP contribution in [0, 0.1) is 5.92 Å². The number of carbonyl (C=O) groups is 3. The number of carbonyl (C=O) groups excluding carboxylic acids is 3. The fourth-order valence-electron chi connectivity index (χ4n) is 4.87. The zero-order valence-electron chi connectivity index (χ0n) is 15.7. The molecule has 0 aromatic carbocycles. The maximum Gasteiger partial charge on any atom is 0.325 e. The van der Waals surface area contributed by atoms with Crippen LogP contribution in [0.2, 0.25) is 0 Å². The van der Waals surface area contributed by atoms with Crippen molar-refractivity contribution < 1.29 is 14.4 Å². The highest BCUT2D eigenvalue weighted by molar-refractivity contribution is 6.09. The number of piperidine rings is 1. The first-order chi connectivity index (χ1) is 11.9. The van der Waals surface area contributed by atoms with Crippen LogP contribution in [0.25, 0.3) is 0 Å². The van der Waals surface area contributed by atoms with Crippen molar-refractivity contribution in [1.82, 2.24) is 15.1 Å². The molecule has 2 aliphatic heterocycles. The van der Waals surface area contributed by atoms with E-state index >= 15 is 0 Å². The molecule has 140 valence electrons. The predicted octanol–water partition coefficient (Wildman–Crippen LogP) is 2.67. The Hall–Kier alpha value is -1.59. The minimum Gasteiger partial charge on any atom is -0.336 e. The number of rotatable bonds is 3. The van der Waals surface area contributed by atoms with Gasteiger partial charge >= 0.3 is 6.03 Å². The second kappa shape index (κ2) is 6.96. The molecule has 0 bridgehead atoms. The molecule has 3 fully saturated rings. The number of hydrogen-bond acceptors (Lipinski definition) is 3. The molecule has 0 aromatic heterocycles. The highest BCUT2D eigenvalue weighted by Gasteiger charge is 2.53. The lowest BCUT2D eigenvalue weighted by atomic mass is 9.75. The summed E-state index contributed by atoms with van der Waals surface area (Å²) in [5.41, 5.74) is -0.762. The Kier molecular flexibility index (Phi) is 5.07. The molecular weight excluding hydrogens is 318 g/mol. The fourth-order valence-corrected chi connectivity index (χ4v) is 4.87. The number of nitrogens with zero attached hydrogens (tertiary/aromatic N) is 2. The van der Waals surface area contributed by atoms with Gasteiger partial charge in [0.2, 0.25) is 5.91 Å². The molecule has 2 saturated heterocycles. The van der Waals surface area contributed by atoms with Gasteiger partial charge in [0, 0.05) is 12.1 Å². The molecule has 0 radical (unpaired) electrons. The third-order valence-corrected chi connectivity index (χ3v) is 6.56. The summed E-state index contributed by atoms with van der Waals surface area (Å²) in [6.45, 7) is 6.14. The highest BCUT2D eigenvalue weighted by atomic mass is 16.2. The lowest BCUT2D eigenvalue weighted by Gasteiger charge is -2.39. The van der Waals surface area contributed by atoms with Crippen LogP contribution in [0.15, 0.2) is 0 Å². The molecule has 0 aromatic rings. The molecule has 2 atom stereocenters. The summed E-state index contributed by atoms with van der Waals surface area (Å²) in [7, 11) is 0. The lowest BCUT2D eigenvalue weighted by Crippen LogP contribution is -2.53. The summed E-state index contributed by atoms with van der Waals surface area (Å²) in [5, 5.41) is 2.91. The van der Waals surface area contributed by atoms with Crippen LogP contribution < -0.4 is 5.32 Å². The number of hydrogen-bond donors (Lipinski definition) is 1. The minimum atomic E-state index is -0.762. The summed E-state index contributed by atoms with van der Waals surface area (Å²) in [4.78, 5) is 41.2. The van der Waals surface area contributed by atoms with Gasteiger partial charge in [0.25, 0.3) is 5.91 Å². The molecule has 2 heterocycles. The average molecular weight is 349 g/mol. The van der Waals surface area contributed by atoms with Crippen LogP contribution >= 0.6 is 0 Å². The van der Waals surface area contributed by atoms with Crippen LogP contribution in [0.1, 0.15) is 72.1 Å². The van der Waals surface area contributed by atoms with E-state index in [9.17, 15) is 14.4 Å². The second-order valence-electron chi connectivity index (χ2n) is 8.19. The van der Waals surface area contributed by atoms with Crippen molar-refractivity contribution in [3.05, 3.63) is 0 Å². The smallest absolute Gasteiger partial charge is 0.325 e. The Bertz CT molecular complexity index is 544. The molecule has 1 N–H and O–H groups in total. The van der Waals surface area contributed by atoms with Crippen molar-refractivity contribution in [1.29, 1.82) is 0 Å². The molecule has 3 aliphatic rings. The van der Waals surface area contributed by atoms with E-state index in [0.717, 1.165) is 43.4 Å². The Morgan fingerprint density at radius 3 is 2.28 bits per heavy atom. The predicted molar refractivity (Wildman–Crippen MR) is 94.8 cm³/mol. The third-order valence-electron chi connectivity index (χ3n) is 6.56. The van der Waals surface area contributed by atoms with Crippen LogP contribution in [0.3, 0.4) is 0 Å². The maximum absolute atomic E-state index is 12.9. The van der Waals surface area contributed by atoms with Crippen molar-refractivity contribution in [2.75, 3.05) is 6.54 Å². The molecule has 2 unspecified atom stereocenters. The van der Waals surface area contributed by atoms with Gasteiger partial charge in [-0.25, -0.2) is 4.79 Å². The Balaban J connectivity index is 1.68. The molecular formula is C19H31N3O3. The van der Waals surface area contributed by atoms with Gasteiger partial charge in [-0.2, -0.15) is 0 Å². The van der Waals surface area contributed by atoms with Gasteiger partial charge in [0.05, 0.1) is 0 Å². The first-order valence-electron chi connectivity index (χ1n) is 9.83. The minimum absolute atomic E-state index is 0.109. The molecule has 1 saturated carbocycles. The number of amides is 4. The fraction of sp³-hybridized carbons (Fsp3) is 0.842. The van der Waals surface area contributed by atoms with E-state index in [1.165, 1.54) is 0 Å². The first kappa shape index (κ1) is 18.2. The quantitative estimate of drug-likeness (QED) is 0.797. The van der Waals surface area contributed by atoms with Gasteiger partial charge in [-0.3, -0.25) is 14.5 Å². The van der Waals surface area contributed by atoms with E-state index in [4.69, 9.17) is 0 Å². The molecule has 3 rings (SSSR count). The molecule has 6 heteroatoms. The van der Waals surface area contributed by atoms with E-state index in [1.807, 2.05) is 18.7 Å². The first-order valence-corrected chi connectivity index (χ1v) is 9.83. The lowest BCUT2D eigenvalue weighted by molar-refractivity contribution is -0.143. The van der Waals surface area contributed by atoms with Gasteiger partial charge < -0.3 is 10.2 Å². The van der Waals surface area contributed by atoms with Gasteiger partial charge in [-0.1, -0.05) is 13.3 Å². The Morgan fingerprint density at radius 1 is 1.12 bits per heavy atom. The molecule has 4 amide bonds. The van der Waals surface area contributed by atoms with Gasteiger partial charge in [0.15, 0.2) is 0 Å². The monoisotopic (exact) mass is 349 g/mol. The summed E-state index contributed by atoms with van der Waals surface area (Å²) >= 11 is 0. The van der Waals surface area contributed by atoms with Crippen LogP contribution in [0.5, 0.6) is 0 Å². The number of likely N-dealkylation sites (tertiary alicyclic amines) is 1. The number of nitrogens with one attached hydrogen (secondary N) is 1. The Labute approximate surface area is 150 Å². The Morgan fingerprint density at radius 2 is 1.72 bits per heavy atom. The average Bonchev–Trinajstić information content (AvgIpc) is 2.80. The van der Waals surface area contributed by atoms with Crippen molar-refractivity contribution in [2.24, 2.45) is 5.92 Å². The summed E-state index contributed by atoms with van der Waals surface area (Å²) in [6.07, 6.45) is 7.52. The number of urea groups is 1. The summed E-state index contributed by atoms with van der Waals surface area (Å²) < 4.78 is 0. The number of imide groups is 1. The molecule has 25 heavy (non-hydrogen) atoms. The van der Waals surface area contributed by atoms with Crippen LogP contribution in [-0.4, -0.2) is 51.8 Å². The van der Waals surface area contributed by atoms with Crippen molar-refractivity contribution >= 4 is 17.8 Å². The van der Waals surface area contributed by atoms with E-state index in [-0.39, 0.29) is 30.4 Å².